The van der Waals surface area contributed by atoms with Gasteiger partial charge in [0.1, 0.15) is 0 Å². The Hall–Kier alpha value is -1.34. The SMILES string of the molecule is CCc1c(C)nc2n(c1=O)C(CC(=O)N1CCOCC1)CS2. The van der Waals surface area contributed by atoms with Crippen LogP contribution < -0.4 is 5.56 Å². The molecule has 1 amide bonds. The highest BCUT2D eigenvalue weighted by atomic mass is 32.2. The highest BCUT2D eigenvalue weighted by molar-refractivity contribution is 7.99. The lowest BCUT2D eigenvalue weighted by Gasteiger charge is -2.28. The summed E-state index contributed by atoms with van der Waals surface area (Å²) in [5.41, 5.74) is 1.59. The average Bonchev–Trinajstić information content (AvgIpc) is 2.91. The summed E-state index contributed by atoms with van der Waals surface area (Å²) in [5, 5.41) is 0.750. The molecular formula is C15H21N3O3S. The topological polar surface area (TPSA) is 64.4 Å². The molecule has 1 aromatic rings. The fourth-order valence-corrected chi connectivity index (χ4v) is 4.20. The molecule has 2 aliphatic rings. The summed E-state index contributed by atoms with van der Waals surface area (Å²) in [6.07, 6.45) is 1.04. The molecule has 2 aliphatic heterocycles. The van der Waals surface area contributed by atoms with Crippen LogP contribution in [0.15, 0.2) is 9.95 Å². The number of aryl methyl sites for hydroxylation is 1. The third-order valence-electron chi connectivity index (χ3n) is 4.28. The number of hydrogen-bond acceptors (Lipinski definition) is 5. The zero-order valence-electron chi connectivity index (χ0n) is 13.0. The zero-order chi connectivity index (χ0) is 15.7. The molecule has 0 bridgehead atoms. The maximum absolute atomic E-state index is 12.6. The molecule has 3 heterocycles. The van der Waals surface area contributed by atoms with Crippen LogP contribution >= 0.6 is 11.8 Å². The molecule has 22 heavy (non-hydrogen) atoms. The molecule has 1 fully saturated rings. The minimum atomic E-state index is -0.0822. The monoisotopic (exact) mass is 323 g/mol. The summed E-state index contributed by atoms with van der Waals surface area (Å²) in [7, 11) is 0. The van der Waals surface area contributed by atoms with Crippen molar-refractivity contribution >= 4 is 17.7 Å². The lowest BCUT2D eigenvalue weighted by Crippen LogP contribution is -2.42. The molecule has 1 saturated heterocycles. The lowest BCUT2D eigenvalue weighted by atomic mass is 10.1. The highest BCUT2D eigenvalue weighted by Gasteiger charge is 2.30. The minimum Gasteiger partial charge on any atom is -0.378 e. The fourth-order valence-electron chi connectivity index (χ4n) is 3.02. The van der Waals surface area contributed by atoms with Crippen LogP contribution in [0.5, 0.6) is 0 Å². The van der Waals surface area contributed by atoms with Crippen molar-refractivity contribution in [3.63, 3.8) is 0 Å². The summed E-state index contributed by atoms with van der Waals surface area (Å²) >= 11 is 1.57. The summed E-state index contributed by atoms with van der Waals surface area (Å²) in [6.45, 7) is 6.34. The van der Waals surface area contributed by atoms with Crippen molar-refractivity contribution in [2.75, 3.05) is 32.1 Å². The van der Waals surface area contributed by atoms with Gasteiger partial charge in [-0.05, 0) is 13.3 Å². The second kappa shape index (κ2) is 6.42. The molecule has 3 rings (SSSR count). The van der Waals surface area contributed by atoms with E-state index in [0.29, 0.717) is 39.1 Å². The molecule has 0 aromatic carbocycles. The maximum Gasteiger partial charge on any atom is 0.257 e. The van der Waals surface area contributed by atoms with E-state index in [1.54, 1.807) is 16.3 Å². The largest absolute Gasteiger partial charge is 0.378 e. The number of morpholine rings is 1. The van der Waals surface area contributed by atoms with E-state index < -0.39 is 0 Å². The number of aromatic nitrogens is 2. The van der Waals surface area contributed by atoms with Gasteiger partial charge in [0.15, 0.2) is 5.16 Å². The molecular weight excluding hydrogens is 302 g/mol. The number of hydrogen-bond donors (Lipinski definition) is 0. The first kappa shape index (κ1) is 15.6. The maximum atomic E-state index is 12.6. The number of carbonyl (C=O) groups is 1. The van der Waals surface area contributed by atoms with E-state index in [-0.39, 0.29) is 17.5 Å². The normalized spacial score (nSPS) is 21.0. The van der Waals surface area contributed by atoms with Crippen LogP contribution in [0.4, 0.5) is 0 Å². The molecule has 1 aromatic heterocycles. The number of ether oxygens (including phenoxy) is 1. The number of amides is 1. The molecule has 1 atom stereocenters. The van der Waals surface area contributed by atoms with Crippen LogP contribution in [0.2, 0.25) is 0 Å². The Morgan fingerprint density at radius 3 is 2.82 bits per heavy atom. The van der Waals surface area contributed by atoms with Gasteiger partial charge in [-0.15, -0.1) is 0 Å². The van der Waals surface area contributed by atoms with Crippen molar-refractivity contribution < 1.29 is 9.53 Å². The third kappa shape index (κ3) is 2.79. The molecule has 0 aliphatic carbocycles. The van der Waals surface area contributed by atoms with Crippen LogP contribution in [0, 0.1) is 6.92 Å². The fraction of sp³-hybridized carbons (Fsp3) is 0.667. The third-order valence-corrected chi connectivity index (χ3v) is 5.38. The zero-order valence-corrected chi connectivity index (χ0v) is 13.8. The number of rotatable bonds is 3. The Bertz CT molecular complexity index is 638. The van der Waals surface area contributed by atoms with Crippen molar-refractivity contribution in [2.24, 2.45) is 0 Å². The molecule has 0 N–H and O–H groups in total. The van der Waals surface area contributed by atoms with Gasteiger partial charge in [-0.25, -0.2) is 4.98 Å². The van der Waals surface area contributed by atoms with Crippen molar-refractivity contribution in [1.29, 1.82) is 0 Å². The van der Waals surface area contributed by atoms with Gasteiger partial charge < -0.3 is 9.64 Å². The van der Waals surface area contributed by atoms with Crippen LogP contribution in [0.3, 0.4) is 0 Å². The Labute approximate surface area is 133 Å². The van der Waals surface area contributed by atoms with Crippen LogP contribution in [0.1, 0.15) is 30.6 Å². The smallest absolute Gasteiger partial charge is 0.257 e. The highest BCUT2D eigenvalue weighted by Crippen LogP contribution is 2.33. The summed E-state index contributed by atoms with van der Waals surface area (Å²) in [6, 6.07) is -0.0822. The molecule has 7 heteroatoms. The number of nitrogens with zero attached hydrogens (tertiary/aromatic N) is 3. The van der Waals surface area contributed by atoms with Gasteiger partial charge in [0.05, 0.1) is 19.3 Å². The lowest BCUT2D eigenvalue weighted by molar-refractivity contribution is -0.136. The van der Waals surface area contributed by atoms with Gasteiger partial charge in [0.25, 0.3) is 5.56 Å². The van der Waals surface area contributed by atoms with Crippen molar-refractivity contribution in [1.82, 2.24) is 14.5 Å². The van der Waals surface area contributed by atoms with Crippen LogP contribution in [-0.4, -0.2) is 52.4 Å². The minimum absolute atomic E-state index is 0.0229. The Morgan fingerprint density at radius 2 is 2.14 bits per heavy atom. The summed E-state index contributed by atoms with van der Waals surface area (Å²) in [5.74, 6) is 0.845. The van der Waals surface area contributed by atoms with Crippen molar-refractivity contribution in [3.05, 3.63) is 21.6 Å². The van der Waals surface area contributed by atoms with Crippen LogP contribution in [-0.2, 0) is 16.0 Å². The second-order valence-electron chi connectivity index (χ2n) is 5.65. The van der Waals surface area contributed by atoms with E-state index in [0.717, 1.165) is 22.2 Å². The first-order valence-electron chi connectivity index (χ1n) is 7.72. The molecule has 120 valence electrons. The Balaban J connectivity index is 1.82. The van der Waals surface area contributed by atoms with Gasteiger partial charge in [-0.3, -0.25) is 14.2 Å². The van der Waals surface area contributed by atoms with E-state index in [2.05, 4.69) is 4.98 Å². The quantitative estimate of drug-likeness (QED) is 0.777. The molecule has 6 nitrogen and oxygen atoms in total. The molecule has 0 saturated carbocycles. The molecule has 0 spiro atoms. The van der Waals surface area contributed by atoms with Crippen molar-refractivity contribution in [3.8, 4) is 0 Å². The standard InChI is InChI=1S/C15H21N3O3S/c1-3-12-10(2)16-15-18(14(12)20)11(9-22-15)8-13(19)17-4-6-21-7-5-17/h11H,3-9H2,1-2H3. The number of carbonyl (C=O) groups excluding carboxylic acids is 1. The van der Waals surface area contributed by atoms with Crippen molar-refractivity contribution in [2.45, 2.75) is 37.9 Å². The van der Waals surface area contributed by atoms with E-state index in [4.69, 9.17) is 4.74 Å². The second-order valence-corrected chi connectivity index (χ2v) is 6.64. The molecule has 0 radical (unpaired) electrons. The average molecular weight is 323 g/mol. The number of thioether (sulfide) groups is 1. The van der Waals surface area contributed by atoms with Gasteiger partial charge in [-0.1, -0.05) is 18.7 Å². The summed E-state index contributed by atoms with van der Waals surface area (Å²) < 4.78 is 7.01. The molecule has 1 unspecified atom stereocenters. The number of fused-ring (bicyclic) bond motifs is 1. The summed E-state index contributed by atoms with van der Waals surface area (Å²) in [4.78, 5) is 31.4. The van der Waals surface area contributed by atoms with Gasteiger partial charge in [-0.2, -0.15) is 0 Å². The predicted molar refractivity (Wildman–Crippen MR) is 84.4 cm³/mol. The van der Waals surface area contributed by atoms with E-state index in [9.17, 15) is 9.59 Å². The Kier molecular flexibility index (Phi) is 4.54. The van der Waals surface area contributed by atoms with Gasteiger partial charge >= 0.3 is 0 Å². The van der Waals surface area contributed by atoms with E-state index >= 15 is 0 Å². The van der Waals surface area contributed by atoms with Crippen LogP contribution in [0.25, 0.3) is 0 Å². The van der Waals surface area contributed by atoms with Gasteiger partial charge in [0.2, 0.25) is 5.91 Å². The van der Waals surface area contributed by atoms with E-state index in [1.165, 1.54) is 0 Å². The first-order valence-corrected chi connectivity index (χ1v) is 8.70. The predicted octanol–water partition coefficient (Wildman–Crippen LogP) is 1.01. The Morgan fingerprint density at radius 1 is 1.41 bits per heavy atom. The first-order chi connectivity index (χ1) is 10.6. The van der Waals surface area contributed by atoms with E-state index in [1.807, 2.05) is 18.7 Å². The van der Waals surface area contributed by atoms with Gasteiger partial charge in [0, 0.05) is 36.5 Å².